The molecule has 33 valence electrons. The summed E-state index contributed by atoms with van der Waals surface area (Å²) in [5, 5.41) is 0. The minimum absolute atomic E-state index is 0.213. The van der Waals surface area contributed by atoms with Crippen LogP contribution in [0, 0.1) is 0 Å². The van der Waals surface area contributed by atoms with Crippen molar-refractivity contribution in [3.05, 3.63) is 11.5 Å². The van der Waals surface area contributed by atoms with Gasteiger partial charge in [0.1, 0.15) is 4.99 Å². The zero-order chi connectivity index (χ0) is 5.15. The average molecular weight is 118 g/mol. The van der Waals surface area contributed by atoms with Crippen LogP contribution in [0.3, 0.4) is 0 Å². The second kappa shape index (κ2) is 2.10. The highest BCUT2D eigenvalue weighted by atomic mass is 32.1. The SMILES string of the molecule is C=C([S])C(N)=S. The van der Waals surface area contributed by atoms with Crippen LogP contribution in [-0.2, 0) is 0 Å². The molecule has 0 saturated carbocycles. The molecule has 0 heterocycles. The predicted molar refractivity (Wildman–Crippen MR) is 33.5 cm³/mol. The van der Waals surface area contributed by atoms with Gasteiger partial charge in [0.15, 0.2) is 0 Å². The molecule has 0 rings (SSSR count). The van der Waals surface area contributed by atoms with Crippen molar-refractivity contribution in [1.82, 2.24) is 0 Å². The molecule has 0 unspecified atom stereocenters. The second-order valence-electron chi connectivity index (χ2n) is 0.787. The number of nitrogens with two attached hydrogens (primary N) is 1. The van der Waals surface area contributed by atoms with Crippen LogP contribution in [0.5, 0.6) is 0 Å². The maximum Gasteiger partial charge on any atom is 0.114 e. The topological polar surface area (TPSA) is 26.0 Å². The van der Waals surface area contributed by atoms with Gasteiger partial charge in [0.2, 0.25) is 0 Å². The predicted octanol–water partition coefficient (Wildman–Crippen LogP) is 0.984. The van der Waals surface area contributed by atoms with Crippen LogP contribution in [-0.4, -0.2) is 4.99 Å². The molecule has 0 aromatic rings. The zero-order valence-electron chi connectivity index (χ0n) is 3.10. The quantitative estimate of drug-likeness (QED) is 0.410. The van der Waals surface area contributed by atoms with E-state index in [0.29, 0.717) is 4.91 Å². The Kier molecular flexibility index (Phi) is 2.05. The number of rotatable bonds is 1. The van der Waals surface area contributed by atoms with Gasteiger partial charge in [-0.15, -0.1) is 0 Å². The van der Waals surface area contributed by atoms with Crippen molar-refractivity contribution in [2.75, 3.05) is 0 Å². The lowest BCUT2D eigenvalue weighted by atomic mass is 10.6. The van der Waals surface area contributed by atoms with Gasteiger partial charge in [-0.05, 0) is 0 Å². The molecule has 0 aliphatic carbocycles. The molecule has 0 bridgehead atoms. The molecule has 0 amide bonds. The third-order valence-corrected chi connectivity index (χ3v) is 0.870. The largest absolute Gasteiger partial charge is 0.389 e. The van der Waals surface area contributed by atoms with E-state index in [4.69, 9.17) is 5.73 Å². The summed E-state index contributed by atoms with van der Waals surface area (Å²) in [4.78, 5) is 0.565. The van der Waals surface area contributed by atoms with Crippen molar-refractivity contribution in [1.29, 1.82) is 0 Å². The molecule has 0 aliphatic heterocycles. The molecule has 0 aliphatic rings. The van der Waals surface area contributed by atoms with Gasteiger partial charge < -0.3 is 5.73 Å². The smallest absolute Gasteiger partial charge is 0.114 e. The highest BCUT2D eigenvalue weighted by Crippen LogP contribution is 1.92. The Morgan fingerprint density at radius 3 is 1.83 bits per heavy atom. The van der Waals surface area contributed by atoms with Gasteiger partial charge in [-0.3, -0.25) is 0 Å². The van der Waals surface area contributed by atoms with Gasteiger partial charge in [-0.25, -0.2) is 0 Å². The van der Waals surface area contributed by atoms with Gasteiger partial charge in [0.25, 0.3) is 0 Å². The highest BCUT2D eigenvalue weighted by Gasteiger charge is 1.84. The van der Waals surface area contributed by atoms with E-state index in [2.05, 4.69) is 31.4 Å². The van der Waals surface area contributed by atoms with Crippen molar-refractivity contribution in [2.45, 2.75) is 0 Å². The summed E-state index contributed by atoms with van der Waals surface area (Å²) in [6.45, 7) is 3.30. The van der Waals surface area contributed by atoms with E-state index in [1.807, 2.05) is 0 Å². The second-order valence-corrected chi connectivity index (χ2v) is 1.72. The summed E-state index contributed by atoms with van der Waals surface area (Å²) in [6.07, 6.45) is 0. The molecular formula is C3H4NS2. The van der Waals surface area contributed by atoms with E-state index in [-0.39, 0.29) is 4.99 Å². The van der Waals surface area contributed by atoms with Crippen molar-refractivity contribution < 1.29 is 0 Å². The first kappa shape index (κ1) is 5.85. The first-order valence-corrected chi connectivity index (χ1v) is 2.12. The van der Waals surface area contributed by atoms with Crippen molar-refractivity contribution in [3.63, 3.8) is 0 Å². The van der Waals surface area contributed by atoms with Crippen LogP contribution >= 0.6 is 24.8 Å². The average Bonchev–Trinajstić information content (AvgIpc) is 1.36. The fraction of sp³-hybridized carbons (Fsp3) is 0. The molecule has 0 saturated heterocycles. The van der Waals surface area contributed by atoms with E-state index >= 15 is 0 Å². The lowest BCUT2D eigenvalue weighted by Gasteiger charge is -1.83. The molecule has 6 heavy (non-hydrogen) atoms. The molecule has 0 atom stereocenters. The molecule has 0 fully saturated rings. The van der Waals surface area contributed by atoms with Crippen LogP contribution in [0.15, 0.2) is 11.5 Å². The summed E-state index contributed by atoms with van der Waals surface area (Å²) in [5.41, 5.74) is 4.96. The Balaban J connectivity index is 3.57. The monoisotopic (exact) mass is 118 g/mol. The van der Waals surface area contributed by atoms with Gasteiger partial charge in [0, 0.05) is 0 Å². The first-order chi connectivity index (χ1) is 2.64. The Labute approximate surface area is 47.6 Å². The maximum atomic E-state index is 4.96. The van der Waals surface area contributed by atoms with Crippen molar-refractivity contribution in [3.8, 4) is 0 Å². The molecule has 3 heteroatoms. The first-order valence-electron chi connectivity index (χ1n) is 1.30. The third kappa shape index (κ3) is 2.11. The minimum atomic E-state index is 0.213. The Morgan fingerprint density at radius 1 is 1.67 bits per heavy atom. The van der Waals surface area contributed by atoms with Gasteiger partial charge in [-0.1, -0.05) is 31.4 Å². The van der Waals surface area contributed by atoms with Gasteiger partial charge in [-0.2, -0.15) is 0 Å². The normalized spacial score (nSPS) is 7.33. The van der Waals surface area contributed by atoms with E-state index < -0.39 is 0 Å². The summed E-state index contributed by atoms with van der Waals surface area (Å²) < 4.78 is 0. The van der Waals surface area contributed by atoms with E-state index in [0.717, 1.165) is 0 Å². The van der Waals surface area contributed by atoms with E-state index in [9.17, 15) is 0 Å². The fourth-order valence-corrected chi connectivity index (χ4v) is 0. The van der Waals surface area contributed by atoms with E-state index in [1.54, 1.807) is 0 Å². The van der Waals surface area contributed by atoms with Crippen LogP contribution in [0.1, 0.15) is 0 Å². The van der Waals surface area contributed by atoms with E-state index in [1.165, 1.54) is 0 Å². The summed E-state index contributed by atoms with van der Waals surface area (Å²) >= 11 is 8.84. The van der Waals surface area contributed by atoms with Crippen LogP contribution in [0.2, 0.25) is 0 Å². The van der Waals surface area contributed by atoms with Crippen LogP contribution < -0.4 is 5.73 Å². The third-order valence-electron chi connectivity index (χ3n) is 0.275. The Hall–Kier alpha value is -0.150. The fourth-order valence-electron chi connectivity index (χ4n) is 0. The summed E-state index contributed by atoms with van der Waals surface area (Å²) in [6, 6.07) is 0. The standard InChI is InChI=1S/C3H4NS2/c1-2(5)3(4)6/h1H2,(H2,4,6). The van der Waals surface area contributed by atoms with Crippen LogP contribution in [0.25, 0.3) is 0 Å². The molecule has 0 aromatic carbocycles. The Bertz CT molecular complexity index is 74.8. The lowest BCUT2D eigenvalue weighted by molar-refractivity contribution is 1.82. The maximum absolute atomic E-state index is 4.96. The number of hydrogen-bond acceptors (Lipinski definition) is 1. The minimum Gasteiger partial charge on any atom is -0.389 e. The summed E-state index contributed by atoms with van der Waals surface area (Å²) in [7, 11) is 0. The molecule has 0 aromatic heterocycles. The van der Waals surface area contributed by atoms with Gasteiger partial charge in [0.05, 0.1) is 4.91 Å². The van der Waals surface area contributed by atoms with Crippen molar-refractivity contribution in [2.24, 2.45) is 5.73 Å². The van der Waals surface area contributed by atoms with Crippen LogP contribution in [0.4, 0.5) is 0 Å². The zero-order valence-corrected chi connectivity index (χ0v) is 4.73. The highest BCUT2D eigenvalue weighted by molar-refractivity contribution is 7.89. The molecule has 1 nitrogen and oxygen atoms in total. The molecule has 0 spiro atoms. The number of hydrogen-bond donors (Lipinski definition) is 1. The molecule has 2 N–H and O–H groups in total. The number of thiocarbonyl (C=S) groups is 1. The lowest BCUT2D eigenvalue weighted by Crippen LogP contribution is -2.05. The molecular weight excluding hydrogens is 114 g/mol. The molecule has 1 radical (unpaired) electrons. The van der Waals surface area contributed by atoms with Gasteiger partial charge >= 0.3 is 0 Å². The summed E-state index contributed by atoms with van der Waals surface area (Å²) in [5.74, 6) is 0. The Morgan fingerprint density at radius 2 is 1.83 bits per heavy atom. The van der Waals surface area contributed by atoms with Crippen molar-refractivity contribution >= 4 is 29.8 Å².